The van der Waals surface area contributed by atoms with Gasteiger partial charge in [0, 0.05) is 6.54 Å². The Morgan fingerprint density at radius 3 is 2.62 bits per heavy atom. The van der Waals surface area contributed by atoms with E-state index in [4.69, 9.17) is 9.47 Å². The Hall–Kier alpha value is -3.55. The lowest BCUT2D eigenvalue weighted by Crippen LogP contribution is -2.35. The van der Waals surface area contributed by atoms with E-state index in [-0.39, 0.29) is 24.6 Å². The van der Waals surface area contributed by atoms with Gasteiger partial charge in [-0.3, -0.25) is 9.59 Å². The van der Waals surface area contributed by atoms with Gasteiger partial charge < -0.3 is 24.8 Å². The third kappa shape index (κ3) is 3.75. The molecule has 0 bridgehead atoms. The summed E-state index contributed by atoms with van der Waals surface area (Å²) in [6, 6.07) is 11.5. The Balaban J connectivity index is 1.60. The predicted molar refractivity (Wildman–Crippen MR) is 90.8 cm³/mol. The van der Waals surface area contributed by atoms with E-state index in [0.29, 0.717) is 11.5 Å². The number of para-hydroxylation sites is 1. The molecule has 8 heteroatoms. The minimum Gasteiger partial charge on any atom is -0.465 e. The second-order valence-corrected chi connectivity index (χ2v) is 5.36. The van der Waals surface area contributed by atoms with E-state index in [1.807, 2.05) is 0 Å². The monoisotopic (exact) mass is 356 g/mol. The summed E-state index contributed by atoms with van der Waals surface area (Å²) < 4.78 is 15.1. The molecule has 0 unspecified atom stereocenters. The molecule has 0 atom stereocenters. The third-order valence-corrected chi connectivity index (χ3v) is 3.68. The number of hydrogen-bond donors (Lipinski definition) is 2. The number of amides is 2. The van der Waals surface area contributed by atoms with Gasteiger partial charge in [-0.25, -0.2) is 4.79 Å². The van der Waals surface area contributed by atoms with Crippen molar-refractivity contribution in [2.24, 2.45) is 0 Å². The number of fused-ring (bicyclic) bond motifs is 1. The van der Waals surface area contributed by atoms with Gasteiger partial charge in [-0.15, -0.1) is 0 Å². The molecule has 3 rings (SSSR count). The van der Waals surface area contributed by atoms with Crippen molar-refractivity contribution in [2.45, 2.75) is 6.54 Å². The van der Waals surface area contributed by atoms with Gasteiger partial charge in [-0.1, -0.05) is 18.2 Å². The van der Waals surface area contributed by atoms with Crippen LogP contribution in [0.4, 0.5) is 5.69 Å². The fraction of sp³-hybridized carbons (Fsp3) is 0.167. The lowest BCUT2D eigenvalue weighted by Gasteiger charge is -2.10. The maximum Gasteiger partial charge on any atom is 0.339 e. The molecule has 0 radical (unpaired) electrons. The lowest BCUT2D eigenvalue weighted by atomic mass is 10.1. The van der Waals surface area contributed by atoms with Gasteiger partial charge in [0.05, 0.1) is 18.4 Å². The second-order valence-electron chi connectivity index (χ2n) is 5.36. The van der Waals surface area contributed by atoms with Crippen LogP contribution in [0.15, 0.2) is 42.5 Å². The Bertz CT molecular complexity index is 865. The molecule has 2 amide bonds. The minimum atomic E-state index is -0.887. The van der Waals surface area contributed by atoms with Crippen LogP contribution in [0.2, 0.25) is 0 Å². The zero-order valence-electron chi connectivity index (χ0n) is 13.9. The van der Waals surface area contributed by atoms with Crippen LogP contribution in [-0.2, 0) is 20.9 Å². The Kier molecular flexibility index (Phi) is 5.02. The summed E-state index contributed by atoms with van der Waals surface area (Å²) in [6.07, 6.45) is 0. The van der Waals surface area contributed by atoms with Crippen molar-refractivity contribution < 1.29 is 28.6 Å². The Labute approximate surface area is 149 Å². The zero-order valence-corrected chi connectivity index (χ0v) is 13.9. The fourth-order valence-corrected chi connectivity index (χ4v) is 2.37. The molecule has 0 spiro atoms. The molecule has 1 heterocycles. The molecule has 0 saturated heterocycles. The van der Waals surface area contributed by atoms with Crippen LogP contribution in [-0.4, -0.2) is 31.7 Å². The highest BCUT2D eigenvalue weighted by molar-refractivity contribution is 6.39. The molecule has 0 saturated carbocycles. The topological polar surface area (TPSA) is 103 Å². The highest BCUT2D eigenvalue weighted by atomic mass is 16.7. The van der Waals surface area contributed by atoms with Crippen LogP contribution < -0.4 is 20.1 Å². The van der Waals surface area contributed by atoms with E-state index in [9.17, 15) is 14.4 Å². The maximum atomic E-state index is 12.1. The van der Waals surface area contributed by atoms with Crippen molar-refractivity contribution in [3.8, 4) is 11.5 Å². The lowest BCUT2D eigenvalue weighted by molar-refractivity contribution is -0.136. The molecule has 2 N–H and O–H groups in total. The van der Waals surface area contributed by atoms with Crippen molar-refractivity contribution in [3.05, 3.63) is 53.6 Å². The zero-order chi connectivity index (χ0) is 18.5. The number of ether oxygens (including phenoxy) is 3. The quantitative estimate of drug-likeness (QED) is 0.635. The molecule has 1 aliphatic rings. The van der Waals surface area contributed by atoms with E-state index in [2.05, 4.69) is 15.4 Å². The SMILES string of the molecule is COC(=O)c1ccccc1NC(=O)C(=O)NCc1ccc2c(c1)OCO2. The first-order valence-electron chi connectivity index (χ1n) is 7.73. The second kappa shape index (κ2) is 7.56. The maximum absolute atomic E-state index is 12.1. The number of carbonyl (C=O) groups excluding carboxylic acids is 3. The molecule has 2 aromatic rings. The molecule has 0 aromatic heterocycles. The van der Waals surface area contributed by atoms with Gasteiger partial charge in [0.2, 0.25) is 6.79 Å². The molecule has 0 aliphatic carbocycles. The summed E-state index contributed by atoms with van der Waals surface area (Å²) in [4.78, 5) is 35.8. The Morgan fingerprint density at radius 2 is 1.81 bits per heavy atom. The Morgan fingerprint density at radius 1 is 1.04 bits per heavy atom. The average Bonchev–Trinajstić information content (AvgIpc) is 3.13. The van der Waals surface area contributed by atoms with Crippen LogP contribution in [0.3, 0.4) is 0 Å². The third-order valence-electron chi connectivity index (χ3n) is 3.68. The van der Waals surface area contributed by atoms with E-state index in [1.54, 1.807) is 30.3 Å². The van der Waals surface area contributed by atoms with Crippen molar-refractivity contribution >= 4 is 23.5 Å². The van der Waals surface area contributed by atoms with Crippen molar-refractivity contribution in [1.29, 1.82) is 0 Å². The summed E-state index contributed by atoms with van der Waals surface area (Å²) in [6.45, 7) is 0.300. The number of esters is 1. The smallest absolute Gasteiger partial charge is 0.339 e. The van der Waals surface area contributed by atoms with Crippen LogP contribution in [0.5, 0.6) is 11.5 Å². The average molecular weight is 356 g/mol. The van der Waals surface area contributed by atoms with E-state index >= 15 is 0 Å². The summed E-state index contributed by atoms with van der Waals surface area (Å²) in [5.74, 6) is -1.10. The highest BCUT2D eigenvalue weighted by Crippen LogP contribution is 2.32. The van der Waals surface area contributed by atoms with Crippen LogP contribution in [0.25, 0.3) is 0 Å². The summed E-state index contributed by atoms with van der Waals surface area (Å²) in [5.41, 5.74) is 1.11. The predicted octanol–water partition coefficient (Wildman–Crippen LogP) is 1.46. The van der Waals surface area contributed by atoms with Crippen LogP contribution >= 0.6 is 0 Å². The molecule has 1 aliphatic heterocycles. The first-order valence-corrected chi connectivity index (χ1v) is 7.73. The molecular formula is C18H16N2O6. The van der Waals surface area contributed by atoms with Crippen LogP contribution in [0, 0.1) is 0 Å². The van der Waals surface area contributed by atoms with Gasteiger partial charge in [0.1, 0.15) is 0 Å². The number of methoxy groups -OCH3 is 1. The molecule has 26 heavy (non-hydrogen) atoms. The van der Waals surface area contributed by atoms with Crippen molar-refractivity contribution in [1.82, 2.24) is 5.32 Å². The van der Waals surface area contributed by atoms with E-state index in [0.717, 1.165) is 5.56 Å². The van der Waals surface area contributed by atoms with Crippen molar-refractivity contribution in [3.63, 3.8) is 0 Å². The van der Waals surface area contributed by atoms with E-state index in [1.165, 1.54) is 19.2 Å². The largest absolute Gasteiger partial charge is 0.465 e. The normalized spacial score (nSPS) is 11.6. The van der Waals surface area contributed by atoms with Gasteiger partial charge in [-0.2, -0.15) is 0 Å². The molecule has 0 fully saturated rings. The fourth-order valence-electron chi connectivity index (χ4n) is 2.37. The number of rotatable bonds is 4. The molecule has 8 nitrogen and oxygen atoms in total. The van der Waals surface area contributed by atoms with Gasteiger partial charge in [0.25, 0.3) is 0 Å². The highest BCUT2D eigenvalue weighted by Gasteiger charge is 2.18. The number of hydrogen-bond acceptors (Lipinski definition) is 6. The standard InChI is InChI=1S/C18H16N2O6/c1-24-18(23)12-4-2-3-5-13(12)20-17(22)16(21)19-9-11-6-7-14-15(8-11)26-10-25-14/h2-8H,9-10H2,1H3,(H,19,21)(H,20,22). The van der Waals surface area contributed by atoms with Gasteiger partial charge in [-0.05, 0) is 29.8 Å². The number of nitrogens with one attached hydrogen (secondary N) is 2. The summed E-state index contributed by atoms with van der Waals surface area (Å²) in [5, 5.41) is 4.92. The van der Waals surface area contributed by atoms with Gasteiger partial charge >= 0.3 is 17.8 Å². The molecular weight excluding hydrogens is 340 g/mol. The first kappa shape index (κ1) is 17.3. The number of anilines is 1. The van der Waals surface area contributed by atoms with Crippen molar-refractivity contribution in [2.75, 3.05) is 19.2 Å². The number of benzene rings is 2. The van der Waals surface area contributed by atoms with Crippen LogP contribution in [0.1, 0.15) is 15.9 Å². The molecule has 134 valence electrons. The summed E-state index contributed by atoms with van der Waals surface area (Å²) >= 11 is 0. The summed E-state index contributed by atoms with van der Waals surface area (Å²) in [7, 11) is 1.24. The molecule has 2 aromatic carbocycles. The van der Waals surface area contributed by atoms with E-state index < -0.39 is 17.8 Å². The first-order chi connectivity index (χ1) is 12.6. The number of carbonyl (C=O) groups is 3. The minimum absolute atomic E-state index is 0.140. The van der Waals surface area contributed by atoms with Gasteiger partial charge in [0.15, 0.2) is 11.5 Å².